The van der Waals surface area contributed by atoms with Crippen LogP contribution >= 0.6 is 0 Å². The van der Waals surface area contributed by atoms with Crippen LogP contribution in [0.15, 0.2) is 30.6 Å². The Balaban J connectivity index is 2.35. The Hall–Kier alpha value is -2.17. The minimum absolute atomic E-state index is 0.172. The molecule has 1 heterocycles. The molecule has 5 heteroatoms. The molecular formula is C13H15N3O2. The Bertz CT molecular complexity index is 575. The number of imidazole rings is 1. The summed E-state index contributed by atoms with van der Waals surface area (Å²) in [5, 5.41) is 10.9. The number of nitro benzene ring substituents is 1. The number of aromatic nitrogens is 2. The SMILES string of the molecule is CCc1nccn1Cc1cccc([N+](=O)[O-])c1C. The average molecular weight is 245 g/mol. The number of nitrogens with zero attached hydrogens (tertiary/aromatic N) is 3. The minimum Gasteiger partial charge on any atom is -0.331 e. The van der Waals surface area contributed by atoms with E-state index in [1.54, 1.807) is 19.2 Å². The quantitative estimate of drug-likeness (QED) is 0.614. The van der Waals surface area contributed by atoms with Crippen LogP contribution in [0.5, 0.6) is 0 Å². The number of benzene rings is 1. The molecule has 0 bridgehead atoms. The lowest BCUT2D eigenvalue weighted by Crippen LogP contribution is -2.05. The lowest BCUT2D eigenvalue weighted by Gasteiger charge is -2.09. The first-order chi connectivity index (χ1) is 8.63. The van der Waals surface area contributed by atoms with Gasteiger partial charge >= 0.3 is 0 Å². The monoisotopic (exact) mass is 245 g/mol. The largest absolute Gasteiger partial charge is 0.331 e. The van der Waals surface area contributed by atoms with Gasteiger partial charge < -0.3 is 4.57 Å². The van der Waals surface area contributed by atoms with Crippen molar-refractivity contribution >= 4 is 5.69 Å². The third-order valence-electron chi connectivity index (χ3n) is 3.07. The maximum atomic E-state index is 10.9. The molecule has 18 heavy (non-hydrogen) atoms. The molecule has 0 N–H and O–H groups in total. The molecule has 0 unspecified atom stereocenters. The summed E-state index contributed by atoms with van der Waals surface area (Å²) in [7, 11) is 0. The number of nitro groups is 1. The molecule has 0 aliphatic carbocycles. The van der Waals surface area contributed by atoms with E-state index in [0.29, 0.717) is 6.54 Å². The Morgan fingerprint density at radius 3 is 2.89 bits per heavy atom. The molecule has 94 valence electrons. The zero-order valence-corrected chi connectivity index (χ0v) is 10.5. The normalized spacial score (nSPS) is 10.6. The van der Waals surface area contributed by atoms with Gasteiger partial charge in [-0.3, -0.25) is 10.1 Å². The van der Waals surface area contributed by atoms with Crippen molar-refractivity contribution in [1.29, 1.82) is 0 Å². The molecular weight excluding hydrogens is 230 g/mol. The fourth-order valence-corrected chi connectivity index (χ4v) is 2.02. The zero-order valence-electron chi connectivity index (χ0n) is 10.5. The number of hydrogen-bond donors (Lipinski definition) is 0. The van der Waals surface area contributed by atoms with E-state index in [0.717, 1.165) is 23.4 Å². The summed E-state index contributed by atoms with van der Waals surface area (Å²) in [4.78, 5) is 14.8. The maximum absolute atomic E-state index is 10.9. The van der Waals surface area contributed by atoms with Crippen LogP contribution in [0.4, 0.5) is 5.69 Å². The van der Waals surface area contributed by atoms with Gasteiger partial charge in [0.15, 0.2) is 0 Å². The second-order valence-electron chi connectivity index (χ2n) is 4.14. The van der Waals surface area contributed by atoms with Crippen molar-refractivity contribution in [3.63, 3.8) is 0 Å². The van der Waals surface area contributed by atoms with Crippen molar-refractivity contribution in [2.75, 3.05) is 0 Å². The van der Waals surface area contributed by atoms with Gasteiger partial charge in [-0.05, 0) is 12.5 Å². The van der Waals surface area contributed by atoms with Crippen LogP contribution in [0, 0.1) is 17.0 Å². The molecule has 5 nitrogen and oxygen atoms in total. The van der Waals surface area contributed by atoms with E-state index in [9.17, 15) is 10.1 Å². The smallest absolute Gasteiger partial charge is 0.272 e. The van der Waals surface area contributed by atoms with Crippen LogP contribution in [-0.2, 0) is 13.0 Å². The molecule has 0 spiro atoms. The van der Waals surface area contributed by atoms with E-state index in [1.165, 1.54) is 6.07 Å². The third kappa shape index (κ3) is 2.25. The Labute approximate surface area is 105 Å². The topological polar surface area (TPSA) is 61.0 Å². The van der Waals surface area contributed by atoms with Crippen LogP contribution in [0.1, 0.15) is 23.9 Å². The van der Waals surface area contributed by atoms with E-state index < -0.39 is 0 Å². The van der Waals surface area contributed by atoms with Crippen molar-refractivity contribution in [2.24, 2.45) is 0 Å². The predicted octanol–water partition coefficient (Wildman–Crippen LogP) is 2.71. The first kappa shape index (κ1) is 12.3. The molecule has 0 radical (unpaired) electrons. The van der Waals surface area contributed by atoms with Gasteiger partial charge in [0, 0.05) is 37.0 Å². The second-order valence-corrected chi connectivity index (χ2v) is 4.14. The Morgan fingerprint density at radius 1 is 1.44 bits per heavy atom. The molecule has 0 atom stereocenters. The van der Waals surface area contributed by atoms with E-state index in [2.05, 4.69) is 4.98 Å². The molecule has 0 aliphatic rings. The Kier molecular flexibility index (Phi) is 3.41. The standard InChI is InChI=1S/C13H15N3O2/c1-3-13-14-7-8-15(13)9-11-5-4-6-12(10(11)2)16(17)18/h4-8H,3,9H2,1-2H3. The van der Waals surface area contributed by atoms with Gasteiger partial charge in [-0.25, -0.2) is 4.98 Å². The number of aryl methyl sites for hydroxylation is 1. The van der Waals surface area contributed by atoms with E-state index in [1.807, 2.05) is 23.8 Å². The summed E-state index contributed by atoms with van der Waals surface area (Å²) in [5.74, 6) is 0.987. The van der Waals surface area contributed by atoms with Crippen LogP contribution in [0.25, 0.3) is 0 Å². The van der Waals surface area contributed by atoms with Gasteiger partial charge in [0.2, 0.25) is 0 Å². The molecule has 2 aromatic rings. The minimum atomic E-state index is -0.340. The first-order valence-corrected chi connectivity index (χ1v) is 5.86. The van der Waals surface area contributed by atoms with Crippen molar-refractivity contribution in [3.05, 3.63) is 57.7 Å². The fourth-order valence-electron chi connectivity index (χ4n) is 2.02. The van der Waals surface area contributed by atoms with Crippen molar-refractivity contribution < 1.29 is 4.92 Å². The number of hydrogen-bond acceptors (Lipinski definition) is 3. The van der Waals surface area contributed by atoms with Crippen LogP contribution in [0.3, 0.4) is 0 Å². The van der Waals surface area contributed by atoms with E-state index in [4.69, 9.17) is 0 Å². The van der Waals surface area contributed by atoms with Gasteiger partial charge in [-0.15, -0.1) is 0 Å². The van der Waals surface area contributed by atoms with Crippen molar-refractivity contribution in [3.8, 4) is 0 Å². The average Bonchev–Trinajstić information content (AvgIpc) is 2.78. The summed E-state index contributed by atoms with van der Waals surface area (Å²) < 4.78 is 2.02. The predicted molar refractivity (Wildman–Crippen MR) is 68.5 cm³/mol. The van der Waals surface area contributed by atoms with Crippen molar-refractivity contribution in [2.45, 2.75) is 26.8 Å². The fraction of sp³-hybridized carbons (Fsp3) is 0.308. The molecule has 0 saturated heterocycles. The van der Waals surface area contributed by atoms with Gasteiger partial charge in [-0.1, -0.05) is 19.1 Å². The summed E-state index contributed by atoms with van der Waals surface area (Å²) in [6, 6.07) is 5.18. The summed E-state index contributed by atoms with van der Waals surface area (Å²) in [5.41, 5.74) is 1.85. The van der Waals surface area contributed by atoms with Crippen LogP contribution in [0.2, 0.25) is 0 Å². The van der Waals surface area contributed by atoms with Crippen molar-refractivity contribution in [1.82, 2.24) is 9.55 Å². The van der Waals surface area contributed by atoms with Gasteiger partial charge in [-0.2, -0.15) is 0 Å². The molecule has 0 fully saturated rings. The first-order valence-electron chi connectivity index (χ1n) is 5.86. The third-order valence-corrected chi connectivity index (χ3v) is 3.07. The molecule has 1 aromatic carbocycles. The molecule has 2 rings (SSSR count). The lowest BCUT2D eigenvalue weighted by atomic mass is 10.1. The van der Waals surface area contributed by atoms with Crippen LogP contribution < -0.4 is 0 Å². The van der Waals surface area contributed by atoms with Crippen LogP contribution in [-0.4, -0.2) is 14.5 Å². The Morgan fingerprint density at radius 2 is 2.22 bits per heavy atom. The van der Waals surface area contributed by atoms with E-state index in [-0.39, 0.29) is 10.6 Å². The second kappa shape index (κ2) is 5.00. The number of rotatable bonds is 4. The highest BCUT2D eigenvalue weighted by atomic mass is 16.6. The summed E-state index contributed by atoms with van der Waals surface area (Å²) >= 11 is 0. The molecule has 1 aromatic heterocycles. The highest BCUT2D eigenvalue weighted by Crippen LogP contribution is 2.22. The van der Waals surface area contributed by atoms with Gasteiger partial charge in [0.1, 0.15) is 5.82 Å². The highest BCUT2D eigenvalue weighted by Gasteiger charge is 2.13. The molecule has 0 amide bonds. The maximum Gasteiger partial charge on any atom is 0.272 e. The van der Waals surface area contributed by atoms with E-state index >= 15 is 0 Å². The molecule has 0 aliphatic heterocycles. The highest BCUT2D eigenvalue weighted by molar-refractivity contribution is 5.44. The lowest BCUT2D eigenvalue weighted by molar-refractivity contribution is -0.385. The zero-order chi connectivity index (χ0) is 13.1. The van der Waals surface area contributed by atoms with Gasteiger partial charge in [0.25, 0.3) is 5.69 Å². The molecule has 0 saturated carbocycles. The summed E-state index contributed by atoms with van der Waals surface area (Å²) in [6.45, 7) is 4.45. The summed E-state index contributed by atoms with van der Waals surface area (Å²) in [6.07, 6.45) is 4.50. The van der Waals surface area contributed by atoms with Gasteiger partial charge in [0.05, 0.1) is 4.92 Å².